The number of nitrogens with zero attached hydrogens (tertiary/aromatic N) is 3. The number of carbonyl (C=O) groups is 1. The van der Waals surface area contributed by atoms with E-state index in [0.29, 0.717) is 28.7 Å². The number of hydrogen-bond donors (Lipinski definition) is 4. The minimum atomic E-state index is -1.02. The van der Waals surface area contributed by atoms with Gasteiger partial charge in [0.05, 0.1) is 5.70 Å². The molecule has 25 heavy (non-hydrogen) atoms. The molecule has 5 N–H and O–H groups in total. The standard InChI is InChI=1S/C17H22N6O2/c1-10-13-15(24)22-17(6-3-2-4-7-17)23(13)16(25)14(20-10)21-11-5-8-19-12(18)9-11/h5,8-9,16,25H,2-4,6-7H2,1H3,(H,22,24)(H3,18,19,20,21). The van der Waals surface area contributed by atoms with Crippen molar-refractivity contribution >= 4 is 23.2 Å². The summed E-state index contributed by atoms with van der Waals surface area (Å²) in [4.78, 5) is 22.7. The van der Waals surface area contributed by atoms with Gasteiger partial charge >= 0.3 is 0 Å². The monoisotopic (exact) mass is 342 g/mol. The highest BCUT2D eigenvalue weighted by Crippen LogP contribution is 2.42. The van der Waals surface area contributed by atoms with E-state index in [1.807, 2.05) is 4.90 Å². The Hall–Kier alpha value is -2.61. The van der Waals surface area contributed by atoms with Crippen LogP contribution in [0.5, 0.6) is 0 Å². The molecule has 0 aromatic carbocycles. The number of aromatic nitrogens is 1. The first-order valence-electron chi connectivity index (χ1n) is 8.58. The van der Waals surface area contributed by atoms with Crippen molar-refractivity contribution in [3.05, 3.63) is 29.7 Å². The Kier molecular flexibility index (Phi) is 3.64. The van der Waals surface area contributed by atoms with Crippen LogP contribution < -0.4 is 16.4 Å². The quantitative estimate of drug-likeness (QED) is 0.608. The molecule has 8 nitrogen and oxygen atoms in total. The summed E-state index contributed by atoms with van der Waals surface area (Å²) in [6.45, 7) is 1.79. The lowest BCUT2D eigenvalue weighted by atomic mass is 9.88. The predicted molar refractivity (Wildman–Crippen MR) is 94.2 cm³/mol. The van der Waals surface area contributed by atoms with Gasteiger partial charge in [-0.2, -0.15) is 0 Å². The van der Waals surface area contributed by atoms with Crippen molar-refractivity contribution in [1.82, 2.24) is 15.2 Å². The maximum absolute atomic E-state index is 12.5. The summed E-state index contributed by atoms with van der Waals surface area (Å²) < 4.78 is 0. The zero-order valence-corrected chi connectivity index (χ0v) is 14.1. The SMILES string of the molecule is CC1=C2C(=O)NC3(CCCCC3)N2C(O)C(Nc2ccnc(N)c2)=N1. The van der Waals surface area contributed by atoms with Gasteiger partial charge in [-0.05, 0) is 38.7 Å². The largest absolute Gasteiger partial charge is 0.384 e. The molecular weight excluding hydrogens is 320 g/mol. The first-order valence-corrected chi connectivity index (χ1v) is 8.58. The normalized spacial score (nSPS) is 24.9. The molecule has 1 unspecified atom stereocenters. The number of aliphatic hydroxyl groups excluding tert-OH is 1. The number of pyridine rings is 1. The second-order valence-electron chi connectivity index (χ2n) is 6.82. The van der Waals surface area contributed by atoms with Gasteiger partial charge in [0.25, 0.3) is 5.91 Å². The number of carbonyl (C=O) groups excluding carboxylic acids is 1. The van der Waals surface area contributed by atoms with Gasteiger partial charge in [0, 0.05) is 18.0 Å². The number of hydrogen-bond acceptors (Lipinski definition) is 7. The summed E-state index contributed by atoms with van der Waals surface area (Å²) in [6, 6.07) is 3.43. The highest BCUT2D eigenvalue weighted by atomic mass is 16.3. The number of fused-ring (bicyclic) bond motifs is 2. The Morgan fingerprint density at radius 3 is 2.88 bits per heavy atom. The van der Waals surface area contributed by atoms with Crippen LogP contribution >= 0.6 is 0 Å². The zero-order chi connectivity index (χ0) is 17.6. The third-order valence-electron chi connectivity index (χ3n) is 5.12. The molecule has 8 heteroatoms. The molecule has 1 saturated carbocycles. The number of nitrogen functional groups attached to an aromatic ring is 1. The molecule has 0 bridgehead atoms. The van der Waals surface area contributed by atoms with E-state index in [4.69, 9.17) is 5.73 Å². The lowest BCUT2D eigenvalue weighted by molar-refractivity contribution is -0.117. The van der Waals surface area contributed by atoms with E-state index < -0.39 is 11.9 Å². The molecule has 3 heterocycles. The van der Waals surface area contributed by atoms with Crippen LogP contribution in [0, 0.1) is 0 Å². The van der Waals surface area contributed by atoms with Gasteiger partial charge in [0.2, 0.25) is 0 Å². The van der Waals surface area contributed by atoms with Gasteiger partial charge in [-0.1, -0.05) is 6.42 Å². The van der Waals surface area contributed by atoms with Gasteiger partial charge in [0.1, 0.15) is 17.2 Å². The number of aliphatic imine (C=N–C) groups is 1. The van der Waals surface area contributed by atoms with Crippen LogP contribution in [0.25, 0.3) is 0 Å². The molecular formula is C17H22N6O2. The lowest BCUT2D eigenvalue weighted by Crippen LogP contribution is -2.59. The van der Waals surface area contributed by atoms with E-state index in [9.17, 15) is 9.90 Å². The van der Waals surface area contributed by atoms with E-state index >= 15 is 0 Å². The number of allylic oxidation sites excluding steroid dienone is 1. The van der Waals surface area contributed by atoms with Crippen molar-refractivity contribution in [3.63, 3.8) is 0 Å². The van der Waals surface area contributed by atoms with Crippen LogP contribution in [0.15, 0.2) is 34.7 Å². The van der Waals surface area contributed by atoms with Gasteiger partial charge in [-0.15, -0.1) is 0 Å². The van der Waals surface area contributed by atoms with Gasteiger partial charge in [0.15, 0.2) is 12.1 Å². The lowest BCUT2D eigenvalue weighted by Gasteiger charge is -2.45. The zero-order valence-electron chi connectivity index (χ0n) is 14.1. The Labute approximate surface area is 145 Å². The molecule has 2 aliphatic heterocycles. The Balaban J connectivity index is 1.70. The number of amidine groups is 1. The number of amides is 1. The summed E-state index contributed by atoms with van der Waals surface area (Å²) in [5.74, 6) is 0.605. The fourth-order valence-electron chi connectivity index (χ4n) is 4.03. The van der Waals surface area contributed by atoms with Crippen LogP contribution in [-0.4, -0.2) is 38.6 Å². The summed E-state index contributed by atoms with van der Waals surface area (Å²) in [7, 11) is 0. The third kappa shape index (κ3) is 2.53. The van der Waals surface area contributed by atoms with Crippen molar-refractivity contribution in [2.45, 2.75) is 50.9 Å². The third-order valence-corrected chi connectivity index (χ3v) is 5.12. The number of rotatable bonds is 1. The molecule has 1 saturated heterocycles. The molecule has 0 radical (unpaired) electrons. The van der Waals surface area contributed by atoms with E-state index in [1.165, 1.54) is 0 Å². The smallest absolute Gasteiger partial charge is 0.271 e. The average Bonchev–Trinajstić information content (AvgIpc) is 2.85. The number of aliphatic hydroxyl groups is 1. The Morgan fingerprint density at radius 2 is 2.16 bits per heavy atom. The molecule has 1 spiro atoms. The fourth-order valence-corrected chi connectivity index (χ4v) is 4.03. The minimum Gasteiger partial charge on any atom is -0.384 e. The Morgan fingerprint density at radius 1 is 1.40 bits per heavy atom. The number of nitrogens with one attached hydrogen (secondary N) is 2. The van der Waals surface area contributed by atoms with Crippen LogP contribution in [-0.2, 0) is 4.79 Å². The topological polar surface area (TPSA) is 116 Å². The molecule has 1 amide bonds. The van der Waals surface area contributed by atoms with Crippen LogP contribution in [0.4, 0.5) is 11.5 Å². The van der Waals surface area contributed by atoms with Gasteiger partial charge in [-0.25, -0.2) is 9.98 Å². The Bertz CT molecular complexity index is 781. The molecule has 2 fully saturated rings. The molecule has 1 aliphatic carbocycles. The first-order chi connectivity index (χ1) is 12.0. The average molecular weight is 342 g/mol. The maximum Gasteiger partial charge on any atom is 0.271 e. The molecule has 1 aromatic heterocycles. The second-order valence-corrected chi connectivity index (χ2v) is 6.82. The molecule has 4 rings (SSSR count). The molecule has 1 aromatic rings. The van der Waals surface area contributed by atoms with E-state index in [1.54, 1.807) is 25.3 Å². The summed E-state index contributed by atoms with van der Waals surface area (Å²) in [5, 5.41) is 17.2. The van der Waals surface area contributed by atoms with Crippen LogP contribution in [0.3, 0.4) is 0 Å². The highest BCUT2D eigenvalue weighted by molar-refractivity contribution is 6.04. The maximum atomic E-state index is 12.5. The fraction of sp³-hybridized carbons (Fsp3) is 0.471. The molecule has 1 atom stereocenters. The van der Waals surface area contributed by atoms with E-state index in [-0.39, 0.29) is 5.91 Å². The minimum absolute atomic E-state index is 0.158. The van der Waals surface area contributed by atoms with Crippen LogP contribution in [0.2, 0.25) is 0 Å². The second kappa shape index (κ2) is 5.73. The van der Waals surface area contributed by atoms with Crippen molar-refractivity contribution in [3.8, 4) is 0 Å². The van der Waals surface area contributed by atoms with Gasteiger partial charge in [-0.3, -0.25) is 4.79 Å². The van der Waals surface area contributed by atoms with Crippen molar-refractivity contribution in [1.29, 1.82) is 0 Å². The van der Waals surface area contributed by atoms with E-state index in [2.05, 4.69) is 20.6 Å². The molecule has 132 valence electrons. The van der Waals surface area contributed by atoms with Gasteiger partial charge < -0.3 is 26.4 Å². The van der Waals surface area contributed by atoms with Crippen LogP contribution in [0.1, 0.15) is 39.0 Å². The molecule has 3 aliphatic rings. The summed E-state index contributed by atoms with van der Waals surface area (Å²) in [6.07, 6.45) is 5.41. The van der Waals surface area contributed by atoms with Crippen molar-refractivity contribution < 1.29 is 9.90 Å². The summed E-state index contributed by atoms with van der Waals surface area (Å²) >= 11 is 0. The van der Waals surface area contributed by atoms with E-state index in [0.717, 1.165) is 32.1 Å². The highest BCUT2D eigenvalue weighted by Gasteiger charge is 2.53. The predicted octanol–water partition coefficient (Wildman–Crippen LogP) is 1.13. The van der Waals surface area contributed by atoms with Crippen molar-refractivity contribution in [2.75, 3.05) is 11.1 Å². The number of anilines is 2. The number of nitrogens with two attached hydrogens (primary N) is 1. The van der Waals surface area contributed by atoms with Crippen molar-refractivity contribution in [2.24, 2.45) is 4.99 Å². The summed E-state index contributed by atoms with van der Waals surface area (Å²) in [5.41, 5.74) is 6.94. The first kappa shape index (κ1) is 15.9.